The van der Waals surface area contributed by atoms with E-state index in [0.717, 1.165) is 86.1 Å². The predicted molar refractivity (Wildman–Crippen MR) is 150 cm³/mol. The Hall–Kier alpha value is -3.34. The SMILES string of the molecule is Cc1nc(Nc2ccc(OCCN3CCOCC3)cc2)nc2c1cc(-c1nccs1)c(=O)n2C1CCCC1. The van der Waals surface area contributed by atoms with Gasteiger partial charge in [0, 0.05) is 48.3 Å². The van der Waals surface area contributed by atoms with Crippen molar-refractivity contribution in [2.75, 3.05) is 44.8 Å². The van der Waals surface area contributed by atoms with Crippen LogP contribution >= 0.6 is 11.3 Å². The smallest absolute Gasteiger partial charge is 0.262 e. The highest BCUT2D eigenvalue weighted by Gasteiger charge is 2.24. The van der Waals surface area contributed by atoms with Crippen LogP contribution in [0.1, 0.15) is 37.4 Å². The van der Waals surface area contributed by atoms with E-state index in [2.05, 4.69) is 15.2 Å². The maximum Gasteiger partial charge on any atom is 0.262 e. The van der Waals surface area contributed by atoms with Crippen molar-refractivity contribution in [1.82, 2.24) is 24.4 Å². The molecule has 1 saturated carbocycles. The molecule has 10 heteroatoms. The molecule has 1 N–H and O–H groups in total. The molecule has 2 aliphatic rings. The minimum atomic E-state index is -0.0259. The Morgan fingerprint density at radius 1 is 1.13 bits per heavy atom. The normalized spacial score (nSPS) is 16.8. The first-order valence-corrected chi connectivity index (χ1v) is 14.2. The molecular weight excluding hydrogens is 500 g/mol. The van der Waals surface area contributed by atoms with Crippen LogP contribution in [-0.2, 0) is 4.74 Å². The maximum absolute atomic E-state index is 13.7. The van der Waals surface area contributed by atoms with Crippen LogP contribution < -0.4 is 15.6 Å². The van der Waals surface area contributed by atoms with Crippen molar-refractivity contribution in [3.05, 3.63) is 58.0 Å². The largest absolute Gasteiger partial charge is 0.492 e. The van der Waals surface area contributed by atoms with Gasteiger partial charge in [0.25, 0.3) is 5.56 Å². The van der Waals surface area contributed by atoms with Crippen LogP contribution in [-0.4, -0.2) is 63.9 Å². The van der Waals surface area contributed by atoms with Gasteiger partial charge in [-0.1, -0.05) is 12.8 Å². The second-order valence-electron chi connectivity index (χ2n) is 9.83. The molecule has 0 amide bonds. The Morgan fingerprint density at radius 2 is 1.92 bits per heavy atom. The van der Waals surface area contributed by atoms with Crippen molar-refractivity contribution in [2.45, 2.75) is 38.6 Å². The molecule has 3 aromatic heterocycles. The molecule has 1 saturated heterocycles. The number of morpholine rings is 1. The molecule has 4 heterocycles. The molecule has 0 unspecified atom stereocenters. The maximum atomic E-state index is 13.7. The third kappa shape index (κ3) is 5.29. The molecule has 198 valence electrons. The molecular formula is C28H32N6O3S. The van der Waals surface area contributed by atoms with E-state index in [0.29, 0.717) is 23.8 Å². The van der Waals surface area contributed by atoms with Crippen LogP contribution in [0.5, 0.6) is 5.75 Å². The van der Waals surface area contributed by atoms with Crippen molar-refractivity contribution in [2.24, 2.45) is 0 Å². The van der Waals surface area contributed by atoms with E-state index >= 15 is 0 Å². The van der Waals surface area contributed by atoms with Gasteiger partial charge in [-0.15, -0.1) is 11.3 Å². The second kappa shape index (κ2) is 11.2. The Morgan fingerprint density at radius 3 is 2.66 bits per heavy atom. The van der Waals surface area contributed by atoms with Gasteiger partial charge >= 0.3 is 0 Å². The molecule has 1 aliphatic heterocycles. The zero-order valence-electron chi connectivity index (χ0n) is 21.6. The van der Waals surface area contributed by atoms with Gasteiger partial charge in [0.15, 0.2) is 0 Å². The highest BCUT2D eigenvalue weighted by Crippen LogP contribution is 2.33. The number of fused-ring (bicyclic) bond motifs is 1. The molecule has 1 aromatic carbocycles. The summed E-state index contributed by atoms with van der Waals surface area (Å²) < 4.78 is 13.2. The highest BCUT2D eigenvalue weighted by atomic mass is 32.1. The van der Waals surface area contributed by atoms with Crippen molar-refractivity contribution in [1.29, 1.82) is 0 Å². The van der Waals surface area contributed by atoms with Crippen LogP contribution in [0.4, 0.5) is 11.6 Å². The molecule has 9 nitrogen and oxygen atoms in total. The first-order chi connectivity index (χ1) is 18.7. The molecule has 2 fully saturated rings. The quantitative estimate of drug-likeness (QED) is 0.346. The number of hydrogen-bond donors (Lipinski definition) is 1. The fraction of sp³-hybridized carbons (Fsp3) is 0.429. The highest BCUT2D eigenvalue weighted by molar-refractivity contribution is 7.13. The monoisotopic (exact) mass is 532 g/mol. The zero-order valence-corrected chi connectivity index (χ0v) is 22.4. The summed E-state index contributed by atoms with van der Waals surface area (Å²) in [6, 6.07) is 9.87. The summed E-state index contributed by atoms with van der Waals surface area (Å²) in [6.45, 7) is 7.00. The fourth-order valence-corrected chi connectivity index (χ4v) is 5.94. The summed E-state index contributed by atoms with van der Waals surface area (Å²) in [5.41, 5.74) is 2.96. The van der Waals surface area contributed by atoms with Crippen LogP contribution in [0.2, 0.25) is 0 Å². The number of nitrogens with zero attached hydrogens (tertiary/aromatic N) is 5. The van der Waals surface area contributed by atoms with Gasteiger partial charge in [-0.2, -0.15) is 4.98 Å². The minimum absolute atomic E-state index is 0.0259. The summed E-state index contributed by atoms with van der Waals surface area (Å²) in [4.78, 5) is 30.1. The number of benzene rings is 1. The molecule has 0 atom stereocenters. The zero-order chi connectivity index (χ0) is 25.9. The first kappa shape index (κ1) is 25.0. The lowest BCUT2D eigenvalue weighted by atomic mass is 10.1. The molecule has 4 aromatic rings. The average molecular weight is 533 g/mol. The lowest BCUT2D eigenvalue weighted by Gasteiger charge is -2.26. The van der Waals surface area contributed by atoms with Crippen molar-refractivity contribution in [3.63, 3.8) is 0 Å². The van der Waals surface area contributed by atoms with Crippen LogP contribution in [0, 0.1) is 6.92 Å². The van der Waals surface area contributed by atoms with Crippen molar-refractivity contribution in [3.8, 4) is 16.3 Å². The Bertz CT molecular complexity index is 1440. The van der Waals surface area contributed by atoms with E-state index in [4.69, 9.17) is 19.4 Å². The van der Waals surface area contributed by atoms with E-state index in [1.807, 2.05) is 47.2 Å². The lowest BCUT2D eigenvalue weighted by Crippen LogP contribution is -2.38. The van der Waals surface area contributed by atoms with Crippen LogP contribution in [0.3, 0.4) is 0 Å². The predicted octanol–water partition coefficient (Wildman–Crippen LogP) is 4.79. The van der Waals surface area contributed by atoms with Gasteiger partial charge < -0.3 is 14.8 Å². The summed E-state index contributed by atoms with van der Waals surface area (Å²) >= 11 is 1.48. The molecule has 0 bridgehead atoms. The van der Waals surface area contributed by atoms with Gasteiger partial charge in [-0.05, 0) is 50.1 Å². The van der Waals surface area contributed by atoms with Gasteiger partial charge in [0.05, 0.1) is 24.5 Å². The molecule has 6 rings (SSSR count). The number of rotatable bonds is 8. The molecule has 1 aliphatic carbocycles. The number of hydrogen-bond acceptors (Lipinski definition) is 9. The minimum Gasteiger partial charge on any atom is -0.492 e. The van der Waals surface area contributed by atoms with Gasteiger partial charge in [-0.25, -0.2) is 9.97 Å². The number of nitrogens with one attached hydrogen (secondary N) is 1. The molecule has 0 spiro atoms. The van der Waals surface area contributed by atoms with Crippen LogP contribution in [0.25, 0.3) is 21.6 Å². The summed E-state index contributed by atoms with van der Waals surface area (Å²) in [6.07, 6.45) is 5.94. The first-order valence-electron chi connectivity index (χ1n) is 13.3. The number of thiazole rings is 1. The van der Waals surface area contributed by atoms with E-state index in [1.165, 1.54) is 11.3 Å². The number of anilines is 2. The second-order valence-corrected chi connectivity index (χ2v) is 10.7. The van der Waals surface area contributed by atoms with E-state index < -0.39 is 0 Å². The molecule has 38 heavy (non-hydrogen) atoms. The fourth-order valence-electron chi connectivity index (χ4n) is 5.30. The van der Waals surface area contributed by atoms with E-state index in [9.17, 15) is 4.79 Å². The standard InChI is InChI=1S/C28H32N6O3S/c1-19-23-18-24(26-29-10-17-38-26)27(35)34(21-4-2-3-5-21)25(23)32-28(30-19)31-20-6-8-22(9-7-20)37-16-13-33-11-14-36-15-12-33/h6-10,17-18,21H,2-5,11-16H2,1H3,(H,30,31,32). The molecule has 0 radical (unpaired) electrons. The number of ether oxygens (including phenoxy) is 2. The van der Waals surface area contributed by atoms with Crippen molar-refractivity contribution < 1.29 is 9.47 Å². The van der Waals surface area contributed by atoms with Gasteiger partial charge in [0.2, 0.25) is 5.95 Å². The van der Waals surface area contributed by atoms with E-state index in [-0.39, 0.29) is 11.6 Å². The third-order valence-corrected chi connectivity index (χ3v) is 8.13. The van der Waals surface area contributed by atoms with Gasteiger partial charge in [-0.3, -0.25) is 14.3 Å². The number of pyridine rings is 1. The van der Waals surface area contributed by atoms with Crippen LogP contribution in [0.15, 0.2) is 46.7 Å². The Labute approximate surface area is 225 Å². The number of aromatic nitrogens is 4. The Kier molecular flexibility index (Phi) is 7.35. The van der Waals surface area contributed by atoms with Crippen molar-refractivity contribution >= 4 is 34.0 Å². The lowest BCUT2D eigenvalue weighted by molar-refractivity contribution is 0.0322. The van der Waals surface area contributed by atoms with E-state index in [1.54, 1.807) is 6.20 Å². The summed E-state index contributed by atoms with van der Waals surface area (Å²) in [7, 11) is 0. The average Bonchev–Trinajstić information content (AvgIpc) is 3.65. The summed E-state index contributed by atoms with van der Waals surface area (Å²) in [5.74, 6) is 1.30. The Balaban J connectivity index is 1.24. The summed E-state index contributed by atoms with van der Waals surface area (Å²) in [5, 5.41) is 6.84. The third-order valence-electron chi connectivity index (χ3n) is 7.33. The van der Waals surface area contributed by atoms with Gasteiger partial charge in [0.1, 0.15) is 23.0 Å². The number of aryl methyl sites for hydroxylation is 1. The topological polar surface area (TPSA) is 94.4 Å².